The predicted octanol–water partition coefficient (Wildman–Crippen LogP) is 1.32. The van der Waals surface area contributed by atoms with Crippen LogP contribution in [0.1, 0.15) is 17.2 Å². The molecule has 0 spiro atoms. The fourth-order valence-corrected chi connectivity index (χ4v) is 2.83. The molecule has 0 fully saturated rings. The highest BCUT2D eigenvalue weighted by atomic mass is 32.2. The first kappa shape index (κ1) is 15.6. The maximum atomic E-state index is 13.9. The molecule has 21 heavy (non-hydrogen) atoms. The van der Waals surface area contributed by atoms with Gasteiger partial charge in [0.25, 0.3) is 0 Å². The Hall–Kier alpha value is -1.77. The molecule has 6 nitrogen and oxygen atoms in total. The lowest BCUT2D eigenvalue weighted by Crippen LogP contribution is -2.24. The number of sulfonamides is 1. The summed E-state index contributed by atoms with van der Waals surface area (Å²) >= 11 is 0. The minimum Gasteiger partial charge on any atom is -0.445 e. The van der Waals surface area contributed by atoms with Crippen molar-refractivity contribution in [3.8, 4) is 0 Å². The third-order valence-electron chi connectivity index (χ3n) is 2.75. The standard InChI is InChI=1S/C13H16FN3O3S/c1-9-6-16-13(20-9)8-17-21(18,19)12-4-3-10(7-15-2)5-11(12)14/h3-6,15,17H,7-8H2,1-2H3. The van der Waals surface area contributed by atoms with Gasteiger partial charge in [-0.15, -0.1) is 0 Å². The lowest BCUT2D eigenvalue weighted by Gasteiger charge is -2.08. The van der Waals surface area contributed by atoms with Crippen LogP contribution in [-0.4, -0.2) is 20.4 Å². The summed E-state index contributed by atoms with van der Waals surface area (Å²) in [5.74, 6) is 0.00826. The molecule has 0 saturated carbocycles. The van der Waals surface area contributed by atoms with Crippen molar-refractivity contribution in [2.45, 2.75) is 24.9 Å². The van der Waals surface area contributed by atoms with Gasteiger partial charge in [0.05, 0.1) is 12.7 Å². The molecular weight excluding hydrogens is 297 g/mol. The number of aromatic nitrogens is 1. The normalized spacial score (nSPS) is 11.8. The molecule has 1 aromatic carbocycles. The van der Waals surface area contributed by atoms with Gasteiger partial charge in [-0.25, -0.2) is 22.5 Å². The van der Waals surface area contributed by atoms with E-state index in [9.17, 15) is 12.8 Å². The molecular formula is C13H16FN3O3S. The molecule has 2 N–H and O–H groups in total. The van der Waals surface area contributed by atoms with Crippen LogP contribution in [0.5, 0.6) is 0 Å². The lowest BCUT2D eigenvalue weighted by atomic mass is 10.2. The van der Waals surface area contributed by atoms with Crippen LogP contribution in [0.3, 0.4) is 0 Å². The van der Waals surface area contributed by atoms with E-state index in [1.54, 1.807) is 20.0 Å². The van der Waals surface area contributed by atoms with Crippen LogP contribution < -0.4 is 10.0 Å². The summed E-state index contributed by atoms with van der Waals surface area (Å²) in [6, 6.07) is 3.99. The molecule has 1 heterocycles. The minimum atomic E-state index is -3.96. The summed E-state index contributed by atoms with van der Waals surface area (Å²) in [7, 11) is -2.23. The lowest BCUT2D eigenvalue weighted by molar-refractivity contribution is 0.462. The van der Waals surface area contributed by atoms with E-state index in [1.807, 2.05) is 0 Å². The summed E-state index contributed by atoms with van der Waals surface area (Å²) < 4.78 is 45.5. The van der Waals surface area contributed by atoms with Crippen molar-refractivity contribution in [1.82, 2.24) is 15.0 Å². The van der Waals surface area contributed by atoms with Gasteiger partial charge in [0.1, 0.15) is 16.5 Å². The average molecular weight is 313 g/mol. The topological polar surface area (TPSA) is 84.2 Å². The highest BCUT2D eigenvalue weighted by Crippen LogP contribution is 2.16. The number of hydrogen-bond donors (Lipinski definition) is 2. The molecule has 0 aliphatic heterocycles. The second-order valence-corrected chi connectivity index (χ2v) is 6.22. The SMILES string of the molecule is CNCc1ccc(S(=O)(=O)NCc2ncc(C)o2)c(F)c1. The molecule has 1 aromatic heterocycles. The Labute approximate surface area is 122 Å². The first-order chi connectivity index (χ1) is 9.92. The molecule has 0 aliphatic carbocycles. The Morgan fingerprint density at radius 3 is 2.67 bits per heavy atom. The molecule has 0 amide bonds. The number of rotatable bonds is 6. The van der Waals surface area contributed by atoms with Crippen LogP contribution >= 0.6 is 0 Å². The number of oxazole rings is 1. The summed E-state index contributed by atoms with van der Waals surface area (Å²) in [4.78, 5) is 3.48. The van der Waals surface area contributed by atoms with Crippen molar-refractivity contribution in [3.63, 3.8) is 0 Å². The fourth-order valence-electron chi connectivity index (χ4n) is 1.79. The number of halogens is 1. The van der Waals surface area contributed by atoms with Gasteiger partial charge in [0.15, 0.2) is 0 Å². The Morgan fingerprint density at radius 1 is 1.33 bits per heavy atom. The van der Waals surface area contributed by atoms with E-state index in [0.717, 1.165) is 0 Å². The van der Waals surface area contributed by atoms with Gasteiger partial charge in [-0.1, -0.05) is 6.07 Å². The molecule has 0 unspecified atom stereocenters. The maximum Gasteiger partial charge on any atom is 0.243 e. The number of hydrogen-bond acceptors (Lipinski definition) is 5. The van der Waals surface area contributed by atoms with Crippen LogP contribution in [0.25, 0.3) is 0 Å². The van der Waals surface area contributed by atoms with Gasteiger partial charge in [-0.2, -0.15) is 0 Å². The van der Waals surface area contributed by atoms with Crippen molar-refractivity contribution >= 4 is 10.0 Å². The Balaban J connectivity index is 2.15. The Morgan fingerprint density at radius 2 is 2.10 bits per heavy atom. The largest absolute Gasteiger partial charge is 0.445 e. The molecule has 0 radical (unpaired) electrons. The number of nitrogens with one attached hydrogen (secondary N) is 2. The van der Waals surface area contributed by atoms with E-state index in [2.05, 4.69) is 15.0 Å². The van der Waals surface area contributed by atoms with E-state index >= 15 is 0 Å². The van der Waals surface area contributed by atoms with Crippen molar-refractivity contribution < 1.29 is 17.2 Å². The van der Waals surface area contributed by atoms with E-state index in [-0.39, 0.29) is 12.4 Å². The van der Waals surface area contributed by atoms with Crippen LogP contribution in [0, 0.1) is 12.7 Å². The van der Waals surface area contributed by atoms with Crippen molar-refractivity contribution in [3.05, 3.63) is 47.4 Å². The third kappa shape index (κ3) is 3.87. The maximum absolute atomic E-state index is 13.9. The highest BCUT2D eigenvalue weighted by molar-refractivity contribution is 7.89. The summed E-state index contributed by atoms with van der Waals surface area (Å²) in [6.45, 7) is 2.03. The molecule has 0 atom stereocenters. The monoisotopic (exact) mass is 313 g/mol. The minimum absolute atomic E-state index is 0.131. The van der Waals surface area contributed by atoms with Crippen LogP contribution in [-0.2, 0) is 23.1 Å². The number of benzene rings is 1. The number of nitrogens with zero attached hydrogens (tertiary/aromatic N) is 1. The smallest absolute Gasteiger partial charge is 0.243 e. The van der Waals surface area contributed by atoms with E-state index in [4.69, 9.17) is 4.42 Å². The average Bonchev–Trinajstić information content (AvgIpc) is 2.83. The highest BCUT2D eigenvalue weighted by Gasteiger charge is 2.19. The van der Waals surface area contributed by atoms with Gasteiger partial charge in [0.2, 0.25) is 15.9 Å². The second-order valence-electron chi connectivity index (χ2n) is 4.48. The molecule has 2 aromatic rings. The first-order valence-electron chi connectivity index (χ1n) is 6.26. The third-order valence-corrected chi connectivity index (χ3v) is 4.18. The first-order valence-corrected chi connectivity index (χ1v) is 7.74. The Kier molecular flexibility index (Phi) is 4.71. The van der Waals surface area contributed by atoms with Crippen LogP contribution in [0.15, 0.2) is 33.7 Å². The Bertz CT molecular complexity index is 728. The molecule has 8 heteroatoms. The second kappa shape index (κ2) is 6.33. The molecule has 0 aliphatic rings. The zero-order valence-corrected chi connectivity index (χ0v) is 12.5. The zero-order valence-electron chi connectivity index (χ0n) is 11.7. The van der Waals surface area contributed by atoms with Gasteiger partial charge in [-0.3, -0.25) is 0 Å². The summed E-state index contributed by atoms with van der Waals surface area (Å²) in [6.07, 6.45) is 1.48. The van der Waals surface area contributed by atoms with Gasteiger partial charge < -0.3 is 9.73 Å². The number of aryl methyl sites for hydroxylation is 1. The van der Waals surface area contributed by atoms with Crippen LogP contribution in [0.2, 0.25) is 0 Å². The van der Waals surface area contributed by atoms with Gasteiger partial charge in [-0.05, 0) is 31.7 Å². The van der Waals surface area contributed by atoms with Gasteiger partial charge >= 0.3 is 0 Å². The summed E-state index contributed by atoms with van der Waals surface area (Å²) in [5, 5.41) is 2.87. The van der Waals surface area contributed by atoms with Crippen LogP contribution in [0.4, 0.5) is 4.39 Å². The van der Waals surface area contributed by atoms with E-state index < -0.39 is 20.7 Å². The molecule has 0 bridgehead atoms. The van der Waals surface area contributed by atoms with E-state index in [0.29, 0.717) is 17.9 Å². The van der Waals surface area contributed by atoms with Crippen molar-refractivity contribution in [2.75, 3.05) is 7.05 Å². The molecule has 0 saturated heterocycles. The van der Waals surface area contributed by atoms with E-state index in [1.165, 1.54) is 18.3 Å². The molecule has 2 rings (SSSR count). The van der Waals surface area contributed by atoms with Crippen molar-refractivity contribution in [1.29, 1.82) is 0 Å². The fraction of sp³-hybridized carbons (Fsp3) is 0.308. The zero-order chi connectivity index (χ0) is 15.5. The predicted molar refractivity (Wildman–Crippen MR) is 74.4 cm³/mol. The molecule has 114 valence electrons. The summed E-state index contributed by atoms with van der Waals surface area (Å²) in [5.41, 5.74) is 0.664. The van der Waals surface area contributed by atoms with Gasteiger partial charge in [0, 0.05) is 6.54 Å². The van der Waals surface area contributed by atoms with Crippen molar-refractivity contribution in [2.24, 2.45) is 0 Å². The quantitative estimate of drug-likeness (QED) is 0.840.